The van der Waals surface area contributed by atoms with Gasteiger partial charge < -0.3 is 25.7 Å². The number of para-hydroxylation sites is 1. The first-order chi connectivity index (χ1) is 20.0. The van der Waals surface area contributed by atoms with Gasteiger partial charge in [0, 0.05) is 48.2 Å². The molecule has 2 heterocycles. The molecule has 0 radical (unpaired) electrons. The molecule has 0 spiro atoms. The maximum Gasteiger partial charge on any atom is 0.314 e. The summed E-state index contributed by atoms with van der Waals surface area (Å²) in [5, 5.41) is 3.99. The van der Waals surface area contributed by atoms with Crippen LogP contribution >= 0.6 is 0 Å². The number of rotatable bonds is 11. The lowest BCUT2D eigenvalue weighted by Crippen LogP contribution is -2.56. The number of piperidine rings is 1. The molecule has 42 heavy (non-hydrogen) atoms. The summed E-state index contributed by atoms with van der Waals surface area (Å²) in [5.74, 6) is -0.834. The van der Waals surface area contributed by atoms with Crippen LogP contribution in [0.4, 0.5) is 0 Å². The molecule has 1 aromatic heterocycles. The number of likely N-dealkylation sites (tertiary alicyclic amines) is 1. The molecular weight excluding hydrogens is 528 g/mol. The fraction of sp³-hybridized carbons (Fsp3) is 0.441. The highest BCUT2D eigenvalue weighted by Crippen LogP contribution is 2.36. The predicted octanol–water partition coefficient (Wildman–Crippen LogP) is 4.68. The molecule has 1 aliphatic heterocycles. The van der Waals surface area contributed by atoms with E-state index in [9.17, 15) is 14.4 Å². The fourth-order valence-corrected chi connectivity index (χ4v) is 6.12. The predicted molar refractivity (Wildman–Crippen MR) is 166 cm³/mol. The van der Waals surface area contributed by atoms with Crippen molar-refractivity contribution in [1.82, 2.24) is 15.2 Å². The van der Waals surface area contributed by atoms with Crippen molar-refractivity contribution in [3.63, 3.8) is 0 Å². The summed E-state index contributed by atoms with van der Waals surface area (Å²) in [5.41, 5.74) is 8.60. The number of hydrogen-bond donors (Lipinski definition) is 3. The lowest BCUT2D eigenvalue weighted by Gasteiger charge is -2.42. The summed E-state index contributed by atoms with van der Waals surface area (Å²) < 4.78 is 5.56. The Labute approximate surface area is 248 Å². The van der Waals surface area contributed by atoms with Crippen molar-refractivity contribution in [3.8, 4) is 0 Å². The number of nitrogens with one attached hydrogen (secondary N) is 2. The first-order valence-corrected chi connectivity index (χ1v) is 14.8. The molecule has 2 amide bonds. The zero-order valence-corrected chi connectivity index (χ0v) is 25.2. The van der Waals surface area contributed by atoms with E-state index in [1.807, 2.05) is 81.6 Å². The quantitative estimate of drug-likeness (QED) is 0.228. The molecule has 8 heteroatoms. The minimum absolute atomic E-state index is 0.208. The number of aromatic nitrogens is 1. The van der Waals surface area contributed by atoms with E-state index in [0.29, 0.717) is 38.6 Å². The van der Waals surface area contributed by atoms with E-state index in [4.69, 9.17) is 10.5 Å². The van der Waals surface area contributed by atoms with Crippen LogP contribution in [0.3, 0.4) is 0 Å². The number of ether oxygens (including phenoxy) is 1. The molecule has 1 fully saturated rings. The van der Waals surface area contributed by atoms with E-state index in [1.54, 1.807) is 11.8 Å². The van der Waals surface area contributed by atoms with Gasteiger partial charge in [-0.15, -0.1) is 0 Å². The van der Waals surface area contributed by atoms with Crippen LogP contribution in [0.15, 0.2) is 72.4 Å². The lowest BCUT2D eigenvalue weighted by molar-refractivity contribution is -0.161. The molecule has 1 aliphatic rings. The number of aromatic amines is 1. The van der Waals surface area contributed by atoms with Crippen LogP contribution in [-0.4, -0.2) is 58.9 Å². The summed E-state index contributed by atoms with van der Waals surface area (Å²) in [6.07, 6.45) is 6.05. The summed E-state index contributed by atoms with van der Waals surface area (Å²) in [6, 6.07) is 16.9. The zero-order chi connectivity index (χ0) is 30.3. The number of carbonyl (C=O) groups is 3. The van der Waals surface area contributed by atoms with Crippen LogP contribution < -0.4 is 11.1 Å². The van der Waals surface area contributed by atoms with E-state index in [-0.39, 0.29) is 30.9 Å². The number of amides is 2. The van der Waals surface area contributed by atoms with Gasteiger partial charge in [-0.3, -0.25) is 14.4 Å². The van der Waals surface area contributed by atoms with Gasteiger partial charge in [-0.05, 0) is 70.6 Å². The second-order valence-electron chi connectivity index (χ2n) is 12.3. The highest BCUT2D eigenvalue weighted by molar-refractivity contribution is 5.94. The molecule has 8 nitrogen and oxygen atoms in total. The smallest absolute Gasteiger partial charge is 0.314 e. The van der Waals surface area contributed by atoms with Gasteiger partial charge in [-0.1, -0.05) is 54.1 Å². The maximum atomic E-state index is 14.2. The van der Waals surface area contributed by atoms with E-state index in [2.05, 4.69) is 10.3 Å². The van der Waals surface area contributed by atoms with Crippen molar-refractivity contribution in [2.75, 3.05) is 19.7 Å². The Balaban J connectivity index is 1.62. The zero-order valence-electron chi connectivity index (χ0n) is 25.2. The highest BCUT2D eigenvalue weighted by atomic mass is 16.5. The van der Waals surface area contributed by atoms with Crippen molar-refractivity contribution < 1.29 is 19.1 Å². The summed E-state index contributed by atoms with van der Waals surface area (Å²) >= 11 is 0. The molecule has 0 unspecified atom stereocenters. The number of nitrogens with zero attached hydrogens (tertiary/aromatic N) is 1. The average Bonchev–Trinajstić information content (AvgIpc) is 3.34. The maximum absolute atomic E-state index is 14.2. The second-order valence-corrected chi connectivity index (χ2v) is 12.3. The third-order valence-electron chi connectivity index (χ3n) is 7.81. The van der Waals surface area contributed by atoms with Gasteiger partial charge in [0.15, 0.2) is 0 Å². The van der Waals surface area contributed by atoms with Crippen LogP contribution in [0.2, 0.25) is 0 Å². The Bertz CT molecular complexity index is 1420. The van der Waals surface area contributed by atoms with Crippen LogP contribution in [0.5, 0.6) is 0 Å². The molecule has 1 saturated heterocycles. The van der Waals surface area contributed by atoms with Crippen molar-refractivity contribution in [1.29, 1.82) is 0 Å². The number of esters is 1. The van der Waals surface area contributed by atoms with Gasteiger partial charge >= 0.3 is 5.97 Å². The summed E-state index contributed by atoms with van der Waals surface area (Å²) in [4.78, 5) is 45.9. The van der Waals surface area contributed by atoms with Crippen molar-refractivity contribution in [3.05, 3.63) is 83.6 Å². The van der Waals surface area contributed by atoms with Gasteiger partial charge in [0.25, 0.3) is 0 Å². The fourth-order valence-electron chi connectivity index (χ4n) is 6.12. The summed E-state index contributed by atoms with van der Waals surface area (Å²) in [6.45, 7) is 8.50. The third kappa shape index (κ3) is 7.88. The van der Waals surface area contributed by atoms with Gasteiger partial charge in [0.2, 0.25) is 11.8 Å². The van der Waals surface area contributed by atoms with Gasteiger partial charge in [0.05, 0.1) is 12.0 Å². The average molecular weight is 573 g/mol. The molecule has 4 rings (SSSR count). The Morgan fingerprint density at radius 1 is 1.14 bits per heavy atom. The van der Waals surface area contributed by atoms with Gasteiger partial charge in [-0.2, -0.15) is 0 Å². The van der Waals surface area contributed by atoms with E-state index in [1.165, 1.54) is 6.08 Å². The van der Waals surface area contributed by atoms with Gasteiger partial charge in [0.1, 0.15) is 6.04 Å². The number of fused-ring (bicyclic) bond motifs is 1. The largest absolute Gasteiger partial charge is 0.466 e. The molecule has 2 atom stereocenters. The van der Waals surface area contributed by atoms with Crippen LogP contribution in [0.25, 0.3) is 10.9 Å². The molecule has 224 valence electrons. The molecule has 4 N–H and O–H groups in total. The molecule has 0 bridgehead atoms. The minimum Gasteiger partial charge on any atom is -0.466 e. The standard InChI is InChI=1S/C34H44N4O4/c1-5-42-32(41)34(21-25-12-7-6-8-13-25)16-11-17-38(23-34)31(40)29(37-30(39)18-24(2)20-33(3,4)35)19-26-22-36-28-15-10-9-14-27(26)28/h6-10,12-15,18,22,29,36H,5,11,16-17,19-21,23,35H2,1-4H3,(H,37,39)/t29-,34+/m1/s1. The van der Waals surface area contributed by atoms with Gasteiger partial charge in [-0.25, -0.2) is 0 Å². The van der Waals surface area contributed by atoms with Crippen LogP contribution in [-0.2, 0) is 32.0 Å². The van der Waals surface area contributed by atoms with Crippen LogP contribution in [0.1, 0.15) is 58.1 Å². The Morgan fingerprint density at radius 2 is 1.86 bits per heavy atom. The molecular formula is C34H44N4O4. The molecule has 0 aliphatic carbocycles. The first kappa shape index (κ1) is 31.0. The van der Waals surface area contributed by atoms with Crippen molar-refractivity contribution in [2.45, 2.75) is 71.4 Å². The normalized spacial score (nSPS) is 18.5. The number of carbonyl (C=O) groups excluding carboxylic acids is 3. The summed E-state index contributed by atoms with van der Waals surface area (Å²) in [7, 11) is 0. The number of benzene rings is 2. The SMILES string of the molecule is CCOC(=O)[C@]1(Cc2ccccc2)CCCN(C(=O)[C@@H](Cc2c[nH]c3ccccc23)NC(=O)C=C(C)CC(C)(C)N)C1. The number of nitrogens with two attached hydrogens (primary N) is 1. The van der Waals surface area contributed by atoms with E-state index >= 15 is 0 Å². The van der Waals surface area contributed by atoms with Crippen molar-refractivity contribution >= 4 is 28.7 Å². The molecule has 2 aromatic carbocycles. The Hall–Kier alpha value is -3.91. The van der Waals surface area contributed by atoms with Crippen LogP contribution in [0, 0.1) is 5.41 Å². The minimum atomic E-state index is -0.857. The molecule has 3 aromatic rings. The first-order valence-electron chi connectivity index (χ1n) is 14.8. The third-order valence-corrected chi connectivity index (χ3v) is 7.81. The Morgan fingerprint density at radius 3 is 2.57 bits per heavy atom. The molecule has 0 saturated carbocycles. The second kappa shape index (κ2) is 13.4. The Kier molecular flexibility index (Phi) is 9.89. The highest BCUT2D eigenvalue weighted by Gasteiger charge is 2.45. The number of hydrogen-bond acceptors (Lipinski definition) is 5. The lowest BCUT2D eigenvalue weighted by atomic mass is 9.75. The van der Waals surface area contributed by atoms with E-state index < -0.39 is 17.0 Å². The van der Waals surface area contributed by atoms with Crippen molar-refractivity contribution in [2.24, 2.45) is 11.1 Å². The number of H-pyrrole nitrogens is 1. The van der Waals surface area contributed by atoms with E-state index in [0.717, 1.165) is 27.6 Å². The topological polar surface area (TPSA) is 118 Å². The monoisotopic (exact) mass is 572 g/mol.